The average molecular weight is 289 g/mol. The second-order valence-electron chi connectivity index (χ2n) is 6.11. The van der Waals surface area contributed by atoms with Crippen molar-refractivity contribution < 1.29 is 9.90 Å². The molecule has 21 heavy (non-hydrogen) atoms. The molecule has 2 aliphatic rings. The van der Waals surface area contributed by atoms with Gasteiger partial charge in [0.15, 0.2) is 0 Å². The fourth-order valence-electron chi connectivity index (χ4n) is 3.75. The molecule has 0 aromatic carbocycles. The number of hydrogen-bond acceptors (Lipinski definition) is 4. The molecule has 0 bridgehead atoms. The zero-order chi connectivity index (χ0) is 14.8. The topological polar surface area (TPSA) is 56.7 Å². The highest BCUT2D eigenvalue weighted by Crippen LogP contribution is 2.29. The lowest BCUT2D eigenvalue weighted by molar-refractivity contribution is -0.143. The number of carboxylic acid groups (broad SMARTS) is 1. The molecule has 0 aliphatic carbocycles. The molecule has 0 amide bonds. The van der Waals surface area contributed by atoms with Gasteiger partial charge >= 0.3 is 5.97 Å². The minimum absolute atomic E-state index is 0.260. The molecule has 1 atom stereocenters. The van der Waals surface area contributed by atoms with Crippen LogP contribution in [0.25, 0.3) is 0 Å². The van der Waals surface area contributed by atoms with Crippen LogP contribution in [0.3, 0.4) is 0 Å². The van der Waals surface area contributed by atoms with Gasteiger partial charge in [-0.2, -0.15) is 0 Å². The second-order valence-corrected chi connectivity index (χ2v) is 6.11. The van der Waals surface area contributed by atoms with Crippen molar-refractivity contribution in [1.29, 1.82) is 0 Å². The van der Waals surface area contributed by atoms with E-state index < -0.39 is 5.97 Å². The maximum Gasteiger partial charge on any atom is 0.320 e. The Kier molecular flexibility index (Phi) is 4.10. The number of nitrogens with zero attached hydrogens (tertiary/aromatic N) is 3. The van der Waals surface area contributed by atoms with Gasteiger partial charge in [0, 0.05) is 37.2 Å². The Balaban J connectivity index is 1.63. The fraction of sp³-hybridized carbons (Fsp3) is 0.625. The lowest BCUT2D eigenvalue weighted by Gasteiger charge is -2.39. The molecule has 2 fully saturated rings. The first kappa shape index (κ1) is 14.3. The van der Waals surface area contributed by atoms with Gasteiger partial charge in [0.1, 0.15) is 6.04 Å². The molecule has 2 saturated heterocycles. The number of hydrogen-bond donors (Lipinski definition) is 1. The monoisotopic (exact) mass is 289 g/mol. The summed E-state index contributed by atoms with van der Waals surface area (Å²) in [6.45, 7) is 5.03. The number of piperidine rings is 1. The molecule has 5 nitrogen and oxygen atoms in total. The van der Waals surface area contributed by atoms with Gasteiger partial charge in [-0.05, 0) is 50.8 Å². The number of carboxylic acids is 1. The quantitative estimate of drug-likeness (QED) is 0.921. The van der Waals surface area contributed by atoms with Crippen LogP contribution in [0.1, 0.15) is 31.2 Å². The molecule has 1 aromatic heterocycles. The third kappa shape index (κ3) is 2.88. The summed E-state index contributed by atoms with van der Waals surface area (Å²) in [4.78, 5) is 20.1. The SMILES string of the molecule is Cc1cnccc1N1CCC(N2CCCC2C(=O)O)CC1. The molecule has 3 rings (SSSR count). The number of rotatable bonds is 3. The largest absolute Gasteiger partial charge is 0.480 e. The van der Waals surface area contributed by atoms with Crippen LogP contribution in [0.15, 0.2) is 18.5 Å². The summed E-state index contributed by atoms with van der Waals surface area (Å²) >= 11 is 0. The third-order valence-corrected chi connectivity index (χ3v) is 4.84. The highest BCUT2D eigenvalue weighted by molar-refractivity contribution is 5.73. The van der Waals surface area contributed by atoms with E-state index in [1.807, 2.05) is 12.4 Å². The van der Waals surface area contributed by atoms with Crippen LogP contribution >= 0.6 is 0 Å². The number of likely N-dealkylation sites (tertiary alicyclic amines) is 1. The van der Waals surface area contributed by atoms with E-state index in [4.69, 9.17) is 0 Å². The predicted molar refractivity (Wildman–Crippen MR) is 81.6 cm³/mol. The predicted octanol–water partition coefficient (Wildman–Crippen LogP) is 1.91. The van der Waals surface area contributed by atoms with Gasteiger partial charge in [-0.25, -0.2) is 0 Å². The molecule has 0 spiro atoms. The van der Waals surface area contributed by atoms with E-state index in [1.165, 1.54) is 11.3 Å². The van der Waals surface area contributed by atoms with Gasteiger partial charge in [-0.3, -0.25) is 14.7 Å². The van der Waals surface area contributed by atoms with Crippen molar-refractivity contribution in [3.8, 4) is 0 Å². The van der Waals surface area contributed by atoms with Gasteiger partial charge < -0.3 is 10.0 Å². The lowest BCUT2D eigenvalue weighted by Crippen LogP contribution is -2.49. The Labute approximate surface area is 125 Å². The van der Waals surface area contributed by atoms with Crippen LogP contribution < -0.4 is 4.90 Å². The molecule has 3 heterocycles. The Morgan fingerprint density at radius 2 is 2.05 bits per heavy atom. The molecular weight excluding hydrogens is 266 g/mol. The van der Waals surface area contributed by atoms with E-state index >= 15 is 0 Å². The number of aromatic nitrogens is 1. The van der Waals surface area contributed by atoms with Crippen molar-refractivity contribution in [2.45, 2.75) is 44.7 Å². The maximum atomic E-state index is 11.3. The summed E-state index contributed by atoms with van der Waals surface area (Å²) < 4.78 is 0. The smallest absolute Gasteiger partial charge is 0.320 e. The van der Waals surface area contributed by atoms with Crippen molar-refractivity contribution in [2.75, 3.05) is 24.5 Å². The molecule has 2 aliphatic heterocycles. The lowest BCUT2D eigenvalue weighted by atomic mass is 10.0. The number of carbonyl (C=O) groups is 1. The minimum atomic E-state index is -0.653. The summed E-state index contributed by atoms with van der Waals surface area (Å²) in [6, 6.07) is 2.24. The third-order valence-electron chi connectivity index (χ3n) is 4.84. The van der Waals surface area contributed by atoms with E-state index in [1.54, 1.807) is 0 Å². The van der Waals surface area contributed by atoms with Gasteiger partial charge in [-0.15, -0.1) is 0 Å². The molecule has 0 saturated carbocycles. The number of pyridine rings is 1. The van der Waals surface area contributed by atoms with Crippen LogP contribution in [0.5, 0.6) is 0 Å². The Bertz CT molecular complexity index is 512. The molecule has 1 N–H and O–H groups in total. The molecule has 0 radical (unpaired) electrons. The van der Waals surface area contributed by atoms with E-state index in [0.717, 1.165) is 45.3 Å². The number of anilines is 1. The molecule has 1 aromatic rings. The van der Waals surface area contributed by atoms with Crippen LogP contribution in [-0.2, 0) is 4.79 Å². The van der Waals surface area contributed by atoms with E-state index in [9.17, 15) is 9.90 Å². The van der Waals surface area contributed by atoms with Gasteiger partial charge in [0.25, 0.3) is 0 Å². The van der Waals surface area contributed by atoms with E-state index in [0.29, 0.717) is 6.04 Å². The van der Waals surface area contributed by atoms with E-state index in [-0.39, 0.29) is 6.04 Å². The summed E-state index contributed by atoms with van der Waals surface area (Å²) in [5.41, 5.74) is 2.47. The maximum absolute atomic E-state index is 11.3. The van der Waals surface area contributed by atoms with Gasteiger partial charge in [0.2, 0.25) is 0 Å². The van der Waals surface area contributed by atoms with E-state index in [2.05, 4.69) is 27.8 Å². The minimum Gasteiger partial charge on any atom is -0.480 e. The normalized spacial score (nSPS) is 24.4. The Morgan fingerprint density at radius 3 is 2.71 bits per heavy atom. The van der Waals surface area contributed by atoms with Crippen LogP contribution in [0.2, 0.25) is 0 Å². The molecule has 5 heteroatoms. The van der Waals surface area contributed by atoms with Crippen LogP contribution in [0, 0.1) is 6.92 Å². The zero-order valence-electron chi connectivity index (χ0n) is 12.5. The second kappa shape index (κ2) is 6.02. The average Bonchev–Trinajstić information content (AvgIpc) is 2.98. The Hall–Kier alpha value is -1.62. The van der Waals surface area contributed by atoms with Gasteiger partial charge in [0.05, 0.1) is 0 Å². The highest BCUT2D eigenvalue weighted by Gasteiger charge is 2.36. The van der Waals surface area contributed by atoms with Crippen molar-refractivity contribution in [3.63, 3.8) is 0 Å². The summed E-state index contributed by atoms with van der Waals surface area (Å²) in [5.74, 6) is -0.653. The van der Waals surface area contributed by atoms with Crippen molar-refractivity contribution in [1.82, 2.24) is 9.88 Å². The Morgan fingerprint density at radius 1 is 1.29 bits per heavy atom. The zero-order valence-corrected chi connectivity index (χ0v) is 12.5. The molecule has 114 valence electrons. The standard InChI is InChI=1S/C16H23N3O2/c1-12-11-17-7-4-14(12)18-9-5-13(6-10-18)19-8-2-3-15(19)16(20)21/h4,7,11,13,15H,2-3,5-6,8-10H2,1H3,(H,20,21). The van der Waals surface area contributed by atoms with Gasteiger partial charge in [-0.1, -0.05) is 0 Å². The fourth-order valence-corrected chi connectivity index (χ4v) is 3.75. The summed E-state index contributed by atoms with van der Waals surface area (Å²) in [5, 5.41) is 9.32. The van der Waals surface area contributed by atoms with Crippen molar-refractivity contribution in [2.24, 2.45) is 0 Å². The molecule has 1 unspecified atom stereocenters. The summed E-state index contributed by atoms with van der Waals surface area (Å²) in [6.07, 6.45) is 7.66. The first-order valence-electron chi connectivity index (χ1n) is 7.81. The van der Waals surface area contributed by atoms with Crippen LogP contribution in [0.4, 0.5) is 5.69 Å². The summed E-state index contributed by atoms with van der Waals surface area (Å²) in [7, 11) is 0. The van der Waals surface area contributed by atoms with Crippen molar-refractivity contribution >= 4 is 11.7 Å². The first-order chi connectivity index (χ1) is 10.2. The van der Waals surface area contributed by atoms with Crippen LogP contribution in [-0.4, -0.2) is 52.7 Å². The van der Waals surface area contributed by atoms with Crippen molar-refractivity contribution in [3.05, 3.63) is 24.0 Å². The highest BCUT2D eigenvalue weighted by atomic mass is 16.4. The molecular formula is C16H23N3O2. The number of aliphatic carboxylic acids is 1. The number of aryl methyl sites for hydroxylation is 1. The first-order valence-corrected chi connectivity index (χ1v) is 7.81.